The lowest BCUT2D eigenvalue weighted by Gasteiger charge is -2.18. The van der Waals surface area contributed by atoms with Crippen LogP contribution in [0.5, 0.6) is 0 Å². The molecule has 0 radical (unpaired) electrons. The molecule has 1 atom stereocenters. The number of carbonyl (C=O) groups excluding carboxylic acids is 3. The molecule has 0 N–H and O–H groups in total. The molecule has 0 heterocycles. The fourth-order valence-corrected chi connectivity index (χ4v) is 10.6. The molecule has 1 unspecified atom stereocenters. The van der Waals surface area contributed by atoms with Crippen LogP contribution in [0, 0.1) is 0 Å². The van der Waals surface area contributed by atoms with Crippen molar-refractivity contribution in [3.05, 3.63) is 0 Å². The van der Waals surface area contributed by atoms with Gasteiger partial charge in [-0.1, -0.05) is 355 Å². The monoisotopic (exact) mass is 1030 g/mol. The highest BCUT2D eigenvalue weighted by atomic mass is 16.6. The second-order valence-electron chi connectivity index (χ2n) is 23.1. The van der Waals surface area contributed by atoms with E-state index in [1.54, 1.807) is 0 Å². The molecule has 0 aromatic rings. The highest BCUT2D eigenvalue weighted by Gasteiger charge is 2.19. The number of unbranched alkanes of at least 4 members (excludes halogenated alkanes) is 52. The van der Waals surface area contributed by atoms with Crippen LogP contribution in [0.15, 0.2) is 0 Å². The van der Waals surface area contributed by atoms with Crippen LogP contribution in [0.3, 0.4) is 0 Å². The Labute approximate surface area is 457 Å². The fourth-order valence-electron chi connectivity index (χ4n) is 10.6. The second kappa shape index (κ2) is 62.9. The van der Waals surface area contributed by atoms with Gasteiger partial charge in [-0.25, -0.2) is 0 Å². The summed E-state index contributed by atoms with van der Waals surface area (Å²) in [6.45, 7) is 6.71. The quantitative estimate of drug-likeness (QED) is 0.0343. The third kappa shape index (κ3) is 61.1. The van der Waals surface area contributed by atoms with Crippen molar-refractivity contribution < 1.29 is 28.6 Å². The summed E-state index contributed by atoms with van der Waals surface area (Å²) in [5, 5.41) is 0. The van der Waals surface area contributed by atoms with Crippen LogP contribution in [0.1, 0.15) is 393 Å². The predicted molar refractivity (Wildman–Crippen MR) is 317 cm³/mol. The number of hydrogen-bond acceptors (Lipinski definition) is 6. The van der Waals surface area contributed by atoms with Gasteiger partial charge in [0.1, 0.15) is 13.2 Å². The van der Waals surface area contributed by atoms with Crippen LogP contribution < -0.4 is 0 Å². The molecule has 434 valence electrons. The third-order valence-electron chi connectivity index (χ3n) is 15.6. The van der Waals surface area contributed by atoms with Crippen molar-refractivity contribution >= 4 is 17.9 Å². The van der Waals surface area contributed by atoms with Crippen molar-refractivity contribution in [3.63, 3.8) is 0 Å². The molecule has 0 aliphatic carbocycles. The molecule has 0 aliphatic heterocycles. The summed E-state index contributed by atoms with van der Waals surface area (Å²) in [6, 6.07) is 0. The number of rotatable bonds is 63. The van der Waals surface area contributed by atoms with Crippen LogP contribution in [0.25, 0.3) is 0 Å². The summed E-state index contributed by atoms with van der Waals surface area (Å²) < 4.78 is 16.9. The van der Waals surface area contributed by atoms with Crippen LogP contribution in [-0.4, -0.2) is 37.2 Å². The van der Waals surface area contributed by atoms with E-state index in [-0.39, 0.29) is 31.1 Å². The van der Waals surface area contributed by atoms with Crippen molar-refractivity contribution in [2.75, 3.05) is 13.2 Å². The van der Waals surface area contributed by atoms with Gasteiger partial charge in [-0.3, -0.25) is 14.4 Å². The zero-order valence-corrected chi connectivity index (χ0v) is 50.0. The third-order valence-corrected chi connectivity index (χ3v) is 15.6. The summed E-state index contributed by atoms with van der Waals surface area (Å²) >= 11 is 0. The smallest absolute Gasteiger partial charge is 0.306 e. The number of hydrogen-bond donors (Lipinski definition) is 0. The van der Waals surface area contributed by atoms with E-state index in [2.05, 4.69) is 20.8 Å². The highest BCUT2D eigenvalue weighted by molar-refractivity contribution is 5.71. The molecule has 73 heavy (non-hydrogen) atoms. The standard InChI is InChI=1S/C67H130O6/c1-4-7-10-13-16-19-22-25-26-27-28-29-30-31-32-33-34-35-36-37-38-39-40-41-42-43-46-48-51-54-57-60-66(69)72-63-64(73-67(70)61-58-55-52-49-45-24-21-18-15-12-9-6-3)62-71-65(68)59-56-53-50-47-44-23-20-17-14-11-8-5-2/h64H,4-63H2,1-3H3. The Kier molecular flexibility index (Phi) is 61.6. The van der Waals surface area contributed by atoms with Gasteiger partial charge in [-0.2, -0.15) is 0 Å². The maximum absolute atomic E-state index is 12.8. The van der Waals surface area contributed by atoms with Gasteiger partial charge in [0.15, 0.2) is 6.10 Å². The summed E-state index contributed by atoms with van der Waals surface area (Å²) in [7, 11) is 0. The van der Waals surface area contributed by atoms with Gasteiger partial charge in [-0.05, 0) is 19.3 Å². The van der Waals surface area contributed by atoms with Gasteiger partial charge in [-0.15, -0.1) is 0 Å². The van der Waals surface area contributed by atoms with Crippen molar-refractivity contribution in [2.45, 2.75) is 399 Å². The molecule has 0 fully saturated rings. The average molecular weight is 1030 g/mol. The van der Waals surface area contributed by atoms with Crippen molar-refractivity contribution in [1.29, 1.82) is 0 Å². The summed E-state index contributed by atoms with van der Waals surface area (Å²) in [4.78, 5) is 38.2. The van der Waals surface area contributed by atoms with E-state index in [4.69, 9.17) is 14.2 Å². The van der Waals surface area contributed by atoms with E-state index < -0.39 is 6.10 Å². The Morgan fingerprint density at radius 2 is 0.370 bits per heavy atom. The molecular weight excluding hydrogens is 901 g/mol. The minimum atomic E-state index is -0.761. The number of carbonyl (C=O) groups is 3. The molecule has 0 spiro atoms. The van der Waals surface area contributed by atoms with Gasteiger partial charge in [0.05, 0.1) is 0 Å². The Hall–Kier alpha value is -1.59. The van der Waals surface area contributed by atoms with Crippen molar-refractivity contribution in [1.82, 2.24) is 0 Å². The van der Waals surface area contributed by atoms with Gasteiger partial charge in [0.25, 0.3) is 0 Å². The van der Waals surface area contributed by atoms with Crippen LogP contribution in [-0.2, 0) is 28.6 Å². The largest absolute Gasteiger partial charge is 0.462 e. The average Bonchev–Trinajstić information content (AvgIpc) is 3.39. The Balaban J connectivity index is 4.00. The lowest BCUT2D eigenvalue weighted by Crippen LogP contribution is -2.30. The van der Waals surface area contributed by atoms with E-state index in [0.29, 0.717) is 19.3 Å². The van der Waals surface area contributed by atoms with E-state index in [9.17, 15) is 14.4 Å². The molecule has 6 nitrogen and oxygen atoms in total. The zero-order chi connectivity index (χ0) is 52.9. The summed E-state index contributed by atoms with van der Waals surface area (Å²) in [5.74, 6) is -0.830. The molecule has 6 heteroatoms. The first-order chi connectivity index (χ1) is 36.0. The maximum Gasteiger partial charge on any atom is 0.306 e. The highest BCUT2D eigenvalue weighted by Crippen LogP contribution is 2.19. The molecule has 0 amide bonds. The topological polar surface area (TPSA) is 78.9 Å². The number of ether oxygens (including phenoxy) is 3. The lowest BCUT2D eigenvalue weighted by molar-refractivity contribution is -0.167. The minimum absolute atomic E-state index is 0.0610. The van der Waals surface area contributed by atoms with Gasteiger partial charge in [0.2, 0.25) is 0 Å². The van der Waals surface area contributed by atoms with E-state index in [0.717, 1.165) is 57.8 Å². The maximum atomic E-state index is 12.8. The summed E-state index contributed by atoms with van der Waals surface area (Å²) in [5.41, 5.74) is 0. The van der Waals surface area contributed by atoms with Crippen LogP contribution >= 0.6 is 0 Å². The first-order valence-electron chi connectivity index (χ1n) is 33.5. The molecule has 0 aromatic carbocycles. The molecule has 0 bridgehead atoms. The molecule has 0 saturated carbocycles. The number of esters is 3. The molecule has 0 aliphatic rings. The molecule has 0 rings (SSSR count). The van der Waals surface area contributed by atoms with Crippen LogP contribution in [0.4, 0.5) is 0 Å². The van der Waals surface area contributed by atoms with E-state index >= 15 is 0 Å². The Bertz CT molecular complexity index is 1090. The molecule has 0 saturated heterocycles. The van der Waals surface area contributed by atoms with Crippen molar-refractivity contribution in [2.24, 2.45) is 0 Å². The molecular formula is C67H130O6. The zero-order valence-electron chi connectivity index (χ0n) is 50.0. The SMILES string of the molecule is CCCCCCCCCCCCCCCCCCCCCCCCCCCCCCCCCC(=O)OCC(COC(=O)CCCCCCCCCCCCCC)OC(=O)CCCCCCCCCCCCCC. The predicted octanol–water partition coefficient (Wildman–Crippen LogP) is 22.7. The minimum Gasteiger partial charge on any atom is -0.462 e. The van der Waals surface area contributed by atoms with Crippen molar-refractivity contribution in [3.8, 4) is 0 Å². The normalized spacial score (nSPS) is 11.9. The second-order valence-corrected chi connectivity index (χ2v) is 23.1. The Morgan fingerprint density at radius 3 is 0.548 bits per heavy atom. The van der Waals surface area contributed by atoms with E-state index in [1.165, 1.54) is 295 Å². The van der Waals surface area contributed by atoms with Gasteiger partial charge < -0.3 is 14.2 Å². The first-order valence-corrected chi connectivity index (χ1v) is 33.5. The van der Waals surface area contributed by atoms with Crippen LogP contribution in [0.2, 0.25) is 0 Å². The van der Waals surface area contributed by atoms with E-state index in [1.807, 2.05) is 0 Å². The van der Waals surface area contributed by atoms with Gasteiger partial charge in [0, 0.05) is 19.3 Å². The lowest BCUT2D eigenvalue weighted by atomic mass is 10.0. The molecule has 0 aromatic heterocycles. The summed E-state index contributed by atoms with van der Waals surface area (Å²) in [6.07, 6.45) is 72.9. The Morgan fingerprint density at radius 1 is 0.219 bits per heavy atom. The van der Waals surface area contributed by atoms with Gasteiger partial charge >= 0.3 is 17.9 Å². The fraction of sp³-hybridized carbons (Fsp3) is 0.955. The first kappa shape index (κ1) is 71.4.